The molecule has 8 nitrogen and oxygen atoms in total. The highest BCUT2D eigenvalue weighted by Gasteiger charge is 2.32. The number of anilines is 1. The molecule has 4 bridgehead atoms. The van der Waals surface area contributed by atoms with E-state index in [4.69, 9.17) is 4.74 Å². The zero-order valence-electron chi connectivity index (χ0n) is 22.2. The molecule has 2 N–H and O–H groups in total. The van der Waals surface area contributed by atoms with Crippen LogP contribution >= 0.6 is 0 Å². The summed E-state index contributed by atoms with van der Waals surface area (Å²) < 4.78 is 74.9. The summed E-state index contributed by atoms with van der Waals surface area (Å²) in [5.41, 5.74) is 2.41. The van der Waals surface area contributed by atoms with Gasteiger partial charge in [0.2, 0.25) is 11.8 Å². The summed E-state index contributed by atoms with van der Waals surface area (Å²) >= 11 is 0. The molecule has 1 aromatic heterocycles. The molecule has 0 unspecified atom stereocenters. The monoisotopic (exact) mass is 582 g/mol. The molecule has 0 saturated carbocycles. The Morgan fingerprint density at radius 3 is 2.22 bits per heavy atom. The lowest BCUT2D eigenvalue weighted by molar-refractivity contribution is -0.137. The Labute approximate surface area is 234 Å². The Kier molecular flexibility index (Phi) is 7.20. The highest BCUT2D eigenvalue weighted by atomic mass is 32.2. The van der Waals surface area contributed by atoms with E-state index in [0.717, 1.165) is 28.8 Å². The maximum atomic E-state index is 13.3. The minimum absolute atomic E-state index is 0.0488. The smallest absolute Gasteiger partial charge is 0.416 e. The second kappa shape index (κ2) is 10.5. The van der Waals surface area contributed by atoms with Gasteiger partial charge in [-0.3, -0.25) is 4.79 Å². The Hall–Kier alpha value is -4.45. The number of sulfonamides is 1. The minimum Gasteiger partial charge on any atom is -0.467 e. The van der Waals surface area contributed by atoms with Crippen molar-refractivity contribution in [1.29, 1.82) is 0 Å². The number of hydrogen-bond donors (Lipinski definition) is 2. The predicted octanol–water partition coefficient (Wildman–Crippen LogP) is 5.83. The van der Waals surface area contributed by atoms with Crippen LogP contribution < -0.4 is 14.8 Å². The van der Waals surface area contributed by atoms with Crippen molar-refractivity contribution in [2.75, 3.05) is 4.72 Å². The summed E-state index contributed by atoms with van der Waals surface area (Å²) in [7, 11) is -4.22. The van der Waals surface area contributed by atoms with Gasteiger partial charge in [0, 0.05) is 17.2 Å². The largest absolute Gasteiger partial charge is 0.467 e. The first-order chi connectivity index (χ1) is 19.3. The molecule has 4 aromatic rings. The van der Waals surface area contributed by atoms with Gasteiger partial charge >= 0.3 is 6.18 Å². The molecule has 0 saturated heterocycles. The summed E-state index contributed by atoms with van der Waals surface area (Å²) in [6.07, 6.45) is -5.54. The summed E-state index contributed by atoms with van der Waals surface area (Å²) in [4.78, 5) is 21.7. The third-order valence-electron chi connectivity index (χ3n) is 6.70. The fraction of sp³-hybridized carbons (Fsp3) is 0.207. The molecule has 12 heteroatoms. The van der Waals surface area contributed by atoms with Crippen molar-refractivity contribution >= 4 is 21.9 Å². The molecule has 0 aliphatic carbocycles. The molecule has 1 aliphatic rings. The van der Waals surface area contributed by atoms with Gasteiger partial charge in [0.25, 0.3) is 15.9 Å². The van der Waals surface area contributed by atoms with Crippen LogP contribution in [-0.4, -0.2) is 30.3 Å². The molecule has 2 heterocycles. The molecule has 1 amide bonds. The average molecular weight is 583 g/mol. The van der Waals surface area contributed by atoms with Gasteiger partial charge in [-0.2, -0.15) is 18.2 Å². The van der Waals surface area contributed by atoms with E-state index in [1.807, 2.05) is 32.0 Å². The molecule has 3 aromatic carbocycles. The molecule has 2 atom stereocenters. The topological polar surface area (TPSA) is 110 Å². The maximum Gasteiger partial charge on any atom is 0.416 e. The lowest BCUT2D eigenvalue weighted by Gasteiger charge is -2.26. The normalized spacial score (nSPS) is 18.5. The summed E-state index contributed by atoms with van der Waals surface area (Å²) in [6.45, 7) is 5.39. The number of alkyl halides is 3. The number of hydrogen-bond acceptors (Lipinski definition) is 6. The molecule has 5 rings (SSSR count). The standard InChI is InChI=1S/C29H25F3N4O4S/c1-16-6-4-7-17(2)25(16)23-15-24-35-28(34-23)36-41(38,39)22-9-5-8-20(14-22)27(37)33-18(3)26(40-24)19-10-12-21(13-11-19)29(30,31)32/h4-15,18,26H,1-3H3,(H,33,37)(H,34,35,36)/t18-,26-/m1/s1. The lowest BCUT2D eigenvalue weighted by atomic mass is 9.99. The number of nitrogens with zero attached hydrogens (tertiary/aromatic N) is 2. The van der Waals surface area contributed by atoms with Crippen LogP contribution in [0.15, 0.2) is 77.7 Å². The quantitative estimate of drug-likeness (QED) is 0.308. The zero-order chi connectivity index (χ0) is 29.5. The third-order valence-corrected chi connectivity index (χ3v) is 8.03. The van der Waals surface area contributed by atoms with Crippen molar-refractivity contribution in [3.63, 3.8) is 0 Å². The Balaban J connectivity index is 1.70. The zero-order valence-corrected chi connectivity index (χ0v) is 23.0. The van der Waals surface area contributed by atoms with Gasteiger partial charge in [0.05, 0.1) is 22.2 Å². The van der Waals surface area contributed by atoms with Crippen LogP contribution in [0.4, 0.5) is 19.1 Å². The van der Waals surface area contributed by atoms with E-state index in [0.29, 0.717) is 11.3 Å². The number of carbonyl (C=O) groups is 1. The number of amides is 1. The van der Waals surface area contributed by atoms with Crippen LogP contribution in [0.25, 0.3) is 11.3 Å². The molecule has 0 spiro atoms. The Morgan fingerprint density at radius 2 is 1.56 bits per heavy atom. The van der Waals surface area contributed by atoms with Crippen LogP contribution in [0.2, 0.25) is 0 Å². The number of ether oxygens (including phenoxy) is 1. The fourth-order valence-corrected chi connectivity index (χ4v) is 5.67. The van der Waals surface area contributed by atoms with E-state index < -0.39 is 39.8 Å². The van der Waals surface area contributed by atoms with Crippen molar-refractivity contribution in [2.24, 2.45) is 0 Å². The van der Waals surface area contributed by atoms with Gasteiger partial charge in [-0.1, -0.05) is 36.4 Å². The van der Waals surface area contributed by atoms with Gasteiger partial charge in [-0.25, -0.2) is 18.1 Å². The van der Waals surface area contributed by atoms with Crippen LogP contribution in [0.1, 0.15) is 45.6 Å². The summed E-state index contributed by atoms with van der Waals surface area (Å²) in [5.74, 6) is -0.918. The number of benzene rings is 3. The van der Waals surface area contributed by atoms with Gasteiger partial charge in [-0.05, 0) is 67.8 Å². The molecule has 212 valence electrons. The first kappa shape index (κ1) is 28.1. The van der Waals surface area contributed by atoms with E-state index in [2.05, 4.69) is 20.0 Å². The molecule has 1 aliphatic heterocycles. The molecule has 41 heavy (non-hydrogen) atoms. The number of fused-ring (bicyclic) bond motifs is 4. The molecule has 0 radical (unpaired) electrons. The molecular formula is C29H25F3N4O4S. The number of rotatable bonds is 2. The summed E-state index contributed by atoms with van der Waals surface area (Å²) in [6, 6.07) is 16.2. The molecule has 0 fully saturated rings. The van der Waals surface area contributed by atoms with E-state index in [9.17, 15) is 26.4 Å². The second-order valence-electron chi connectivity index (χ2n) is 9.74. The lowest BCUT2D eigenvalue weighted by Crippen LogP contribution is -2.39. The number of halogens is 3. The maximum absolute atomic E-state index is 13.3. The second-order valence-corrected chi connectivity index (χ2v) is 11.4. The van der Waals surface area contributed by atoms with Crippen molar-refractivity contribution in [3.05, 3.63) is 101 Å². The number of carbonyl (C=O) groups excluding carboxylic acids is 1. The predicted molar refractivity (Wildman–Crippen MR) is 146 cm³/mol. The van der Waals surface area contributed by atoms with Gasteiger partial charge in [-0.15, -0.1) is 0 Å². The van der Waals surface area contributed by atoms with Gasteiger partial charge in [0.1, 0.15) is 6.10 Å². The Morgan fingerprint density at radius 1 is 0.902 bits per heavy atom. The highest BCUT2D eigenvalue weighted by Crippen LogP contribution is 2.34. The van der Waals surface area contributed by atoms with E-state index >= 15 is 0 Å². The van der Waals surface area contributed by atoms with E-state index in [1.165, 1.54) is 42.5 Å². The SMILES string of the molecule is Cc1cccc(C)c1-c1cc2nc(n1)NS(=O)(=O)c1cccc(c1)C(=O)N[C@H](C)[C@H](c1ccc(C(F)(F)F)cc1)O2. The first-order valence-electron chi connectivity index (χ1n) is 12.5. The van der Waals surface area contributed by atoms with Crippen molar-refractivity contribution < 1.29 is 31.1 Å². The van der Waals surface area contributed by atoms with Crippen LogP contribution in [0, 0.1) is 13.8 Å². The number of aromatic nitrogens is 2. The van der Waals surface area contributed by atoms with Crippen LogP contribution in [0.5, 0.6) is 5.88 Å². The number of aryl methyl sites for hydroxylation is 2. The highest BCUT2D eigenvalue weighted by molar-refractivity contribution is 7.92. The van der Waals surface area contributed by atoms with Crippen molar-refractivity contribution in [3.8, 4) is 17.1 Å². The van der Waals surface area contributed by atoms with Crippen LogP contribution in [-0.2, 0) is 16.2 Å². The average Bonchev–Trinajstić information content (AvgIpc) is 2.90. The Bertz CT molecular complexity index is 1720. The van der Waals surface area contributed by atoms with E-state index in [1.54, 1.807) is 6.92 Å². The summed E-state index contributed by atoms with van der Waals surface area (Å²) in [5, 5.41) is 2.78. The fourth-order valence-electron chi connectivity index (χ4n) is 4.68. The van der Waals surface area contributed by atoms with Gasteiger partial charge < -0.3 is 10.1 Å². The van der Waals surface area contributed by atoms with Crippen molar-refractivity contribution in [1.82, 2.24) is 15.3 Å². The third kappa shape index (κ3) is 5.87. The van der Waals surface area contributed by atoms with Gasteiger partial charge in [0.15, 0.2) is 0 Å². The van der Waals surface area contributed by atoms with Crippen LogP contribution in [0.3, 0.4) is 0 Å². The minimum atomic E-state index is -4.53. The van der Waals surface area contributed by atoms with E-state index in [-0.39, 0.29) is 22.3 Å². The first-order valence-corrected chi connectivity index (χ1v) is 14.0. The molecular weight excluding hydrogens is 557 g/mol. The van der Waals surface area contributed by atoms with Crippen molar-refractivity contribution in [2.45, 2.75) is 44.0 Å². The number of nitrogens with one attached hydrogen (secondary N) is 2.